The van der Waals surface area contributed by atoms with Crippen molar-refractivity contribution >= 4 is 17.1 Å². The van der Waals surface area contributed by atoms with E-state index < -0.39 is 34.9 Å². The number of hydrogen-bond acceptors (Lipinski definition) is 6. The van der Waals surface area contributed by atoms with Crippen LogP contribution in [-0.2, 0) is 22.3 Å². The predicted molar refractivity (Wildman–Crippen MR) is 129 cm³/mol. The highest BCUT2D eigenvalue weighted by atomic mass is 19.4. The number of fused-ring (bicyclic) bond motifs is 1. The summed E-state index contributed by atoms with van der Waals surface area (Å²) in [6.45, 7) is 7.21. The average Bonchev–Trinajstić information content (AvgIpc) is 3.43. The maximum atomic E-state index is 13.1. The van der Waals surface area contributed by atoms with Gasteiger partial charge in [0.25, 0.3) is 5.56 Å². The van der Waals surface area contributed by atoms with Crippen LogP contribution in [0.3, 0.4) is 0 Å². The first-order chi connectivity index (χ1) is 17.4. The quantitative estimate of drug-likeness (QED) is 0.349. The number of aromatic nitrogens is 6. The molecule has 0 radical (unpaired) electrons. The number of benzene rings is 1. The van der Waals surface area contributed by atoms with Crippen LogP contribution in [-0.4, -0.2) is 35.3 Å². The third-order valence-electron chi connectivity index (χ3n) is 5.66. The second kappa shape index (κ2) is 9.83. The number of hydrogen-bond donors (Lipinski definition) is 1. The number of halogens is 3. The van der Waals surface area contributed by atoms with Gasteiger partial charge in [-0.3, -0.25) is 18.8 Å². The fourth-order valence-electron chi connectivity index (χ4n) is 3.81. The molecule has 37 heavy (non-hydrogen) atoms. The molecule has 0 fully saturated rings. The van der Waals surface area contributed by atoms with Gasteiger partial charge in [-0.2, -0.15) is 18.3 Å². The number of imidazole rings is 1. The number of carbonyl (C=O) groups is 1. The first-order valence-electron chi connectivity index (χ1n) is 11.7. The zero-order valence-electron chi connectivity index (χ0n) is 20.8. The van der Waals surface area contributed by atoms with Crippen molar-refractivity contribution in [1.29, 1.82) is 0 Å². The van der Waals surface area contributed by atoms with E-state index in [1.54, 1.807) is 37.6 Å². The van der Waals surface area contributed by atoms with Gasteiger partial charge in [-0.25, -0.2) is 9.97 Å². The Hall–Kier alpha value is -3.96. The Morgan fingerprint density at radius 1 is 1.22 bits per heavy atom. The van der Waals surface area contributed by atoms with Crippen molar-refractivity contribution in [3.63, 3.8) is 0 Å². The molecule has 3 aromatic heterocycles. The van der Waals surface area contributed by atoms with Gasteiger partial charge in [-0.1, -0.05) is 25.5 Å². The van der Waals surface area contributed by atoms with E-state index >= 15 is 0 Å². The van der Waals surface area contributed by atoms with Crippen molar-refractivity contribution in [2.75, 3.05) is 0 Å². The molecule has 196 valence electrons. The molecule has 0 amide bonds. The predicted octanol–water partition coefficient (Wildman–Crippen LogP) is 4.94. The number of nitrogens with one attached hydrogen (secondary N) is 1. The highest BCUT2D eigenvalue weighted by Gasteiger charge is 2.31. The summed E-state index contributed by atoms with van der Waals surface area (Å²) in [5, 5.41) is 4.29. The molecule has 12 heteroatoms. The second-order valence-corrected chi connectivity index (χ2v) is 9.73. The first-order valence-corrected chi connectivity index (χ1v) is 11.7. The standard InChI is InChI=1S/C25H27F3N6O3/c1-5-7-18(37-23(36)24(2,3)4)34-19-20(29-14-30-22(19)35)32-21(34)16-11-31-33(13-16)12-15-8-6-9-17(10-15)25(26,27)28/h6,8-11,13-14,18H,5,7,12H2,1-4H3,(H,29,30,35). The number of aromatic amines is 1. The number of esters is 1. The van der Waals surface area contributed by atoms with Crippen molar-refractivity contribution < 1.29 is 22.7 Å². The van der Waals surface area contributed by atoms with Crippen LogP contribution < -0.4 is 5.56 Å². The van der Waals surface area contributed by atoms with Crippen LogP contribution in [0.2, 0.25) is 0 Å². The molecule has 0 aliphatic heterocycles. The van der Waals surface area contributed by atoms with E-state index in [0.717, 1.165) is 12.1 Å². The van der Waals surface area contributed by atoms with Crippen molar-refractivity contribution in [2.45, 2.75) is 59.5 Å². The Morgan fingerprint density at radius 2 is 1.97 bits per heavy atom. The maximum absolute atomic E-state index is 13.1. The van der Waals surface area contributed by atoms with Crippen molar-refractivity contribution in [3.8, 4) is 11.4 Å². The molecule has 0 aliphatic carbocycles. The van der Waals surface area contributed by atoms with E-state index in [-0.39, 0.29) is 17.7 Å². The number of ether oxygens (including phenoxy) is 1. The Bertz CT molecular complexity index is 1480. The summed E-state index contributed by atoms with van der Waals surface area (Å²) in [7, 11) is 0. The minimum atomic E-state index is -4.45. The van der Waals surface area contributed by atoms with Gasteiger partial charge in [0.1, 0.15) is 5.82 Å². The number of H-pyrrole nitrogens is 1. The van der Waals surface area contributed by atoms with Gasteiger partial charge in [0.2, 0.25) is 0 Å². The largest absolute Gasteiger partial charge is 0.441 e. The van der Waals surface area contributed by atoms with Crippen LogP contribution in [0.25, 0.3) is 22.6 Å². The Morgan fingerprint density at radius 3 is 2.65 bits per heavy atom. The summed E-state index contributed by atoms with van der Waals surface area (Å²) in [5.41, 5.74) is -0.763. The summed E-state index contributed by atoms with van der Waals surface area (Å²) < 4.78 is 48.2. The van der Waals surface area contributed by atoms with Gasteiger partial charge in [0, 0.05) is 12.6 Å². The van der Waals surface area contributed by atoms with Crippen molar-refractivity contribution in [2.24, 2.45) is 5.41 Å². The molecule has 4 rings (SSSR count). The SMILES string of the molecule is CCCC(OC(=O)C(C)(C)C)n1c(-c2cnn(Cc3cccc(C(F)(F)F)c3)c2)nc2nc[nH]c(=O)c21. The van der Waals surface area contributed by atoms with Crippen LogP contribution in [0.1, 0.15) is 57.9 Å². The molecule has 1 aromatic carbocycles. The number of alkyl halides is 3. The summed E-state index contributed by atoms with van der Waals surface area (Å²) in [6.07, 6.45) is 0.109. The van der Waals surface area contributed by atoms with Gasteiger partial charge >= 0.3 is 12.1 Å². The lowest BCUT2D eigenvalue weighted by Gasteiger charge is -2.25. The highest BCUT2D eigenvalue weighted by Crippen LogP contribution is 2.32. The van der Waals surface area contributed by atoms with Gasteiger partial charge in [-0.05, 0) is 38.5 Å². The van der Waals surface area contributed by atoms with Crippen molar-refractivity contribution in [3.05, 3.63) is 64.5 Å². The molecule has 0 aliphatic rings. The van der Waals surface area contributed by atoms with Crippen LogP contribution in [0.15, 0.2) is 47.8 Å². The molecule has 0 saturated carbocycles. The number of nitrogens with zero attached hydrogens (tertiary/aromatic N) is 5. The number of carbonyl (C=O) groups excluding carboxylic acids is 1. The molecule has 0 spiro atoms. The molecule has 1 atom stereocenters. The molecule has 1 unspecified atom stereocenters. The Balaban J connectivity index is 1.77. The van der Waals surface area contributed by atoms with E-state index in [2.05, 4.69) is 20.1 Å². The van der Waals surface area contributed by atoms with Gasteiger partial charge in [0.15, 0.2) is 17.4 Å². The van der Waals surface area contributed by atoms with Gasteiger partial charge in [0.05, 0.1) is 35.6 Å². The molecule has 0 bridgehead atoms. The molecule has 1 N–H and O–H groups in total. The van der Waals surface area contributed by atoms with Crippen LogP contribution in [0, 0.1) is 5.41 Å². The lowest BCUT2D eigenvalue weighted by atomic mass is 9.97. The lowest BCUT2D eigenvalue weighted by Crippen LogP contribution is -2.28. The summed E-state index contributed by atoms with van der Waals surface area (Å²) >= 11 is 0. The topological polar surface area (TPSA) is 108 Å². The van der Waals surface area contributed by atoms with Crippen LogP contribution in [0.4, 0.5) is 13.2 Å². The van der Waals surface area contributed by atoms with Crippen molar-refractivity contribution in [1.82, 2.24) is 29.3 Å². The van der Waals surface area contributed by atoms with Gasteiger partial charge < -0.3 is 9.72 Å². The summed E-state index contributed by atoms with van der Waals surface area (Å²) in [4.78, 5) is 36.8. The fraction of sp³-hybridized carbons (Fsp3) is 0.400. The molecule has 9 nitrogen and oxygen atoms in total. The molecular weight excluding hydrogens is 489 g/mol. The molecule has 0 saturated heterocycles. The highest BCUT2D eigenvalue weighted by molar-refractivity contribution is 5.78. The van der Waals surface area contributed by atoms with E-state index in [1.807, 2.05) is 6.92 Å². The third kappa shape index (κ3) is 5.57. The monoisotopic (exact) mass is 516 g/mol. The maximum Gasteiger partial charge on any atom is 0.416 e. The van der Waals surface area contributed by atoms with E-state index in [1.165, 1.54) is 23.3 Å². The zero-order valence-corrected chi connectivity index (χ0v) is 20.8. The normalized spacial score (nSPS) is 13.2. The molecular formula is C25H27F3N6O3. The second-order valence-electron chi connectivity index (χ2n) is 9.73. The molecule has 3 heterocycles. The van der Waals surface area contributed by atoms with E-state index in [0.29, 0.717) is 29.8 Å². The van der Waals surface area contributed by atoms with E-state index in [4.69, 9.17) is 4.74 Å². The fourth-order valence-corrected chi connectivity index (χ4v) is 3.81. The molecule has 4 aromatic rings. The third-order valence-corrected chi connectivity index (χ3v) is 5.66. The Labute approximate surface area is 210 Å². The van der Waals surface area contributed by atoms with Crippen LogP contribution >= 0.6 is 0 Å². The minimum absolute atomic E-state index is 0.0837. The van der Waals surface area contributed by atoms with Crippen LogP contribution in [0.5, 0.6) is 0 Å². The van der Waals surface area contributed by atoms with E-state index in [9.17, 15) is 22.8 Å². The zero-order chi connectivity index (χ0) is 27.0. The lowest BCUT2D eigenvalue weighted by molar-refractivity contribution is -0.163. The summed E-state index contributed by atoms with van der Waals surface area (Å²) in [6, 6.07) is 5.01. The first kappa shape index (κ1) is 26.1. The average molecular weight is 517 g/mol. The minimum Gasteiger partial charge on any atom is -0.441 e. The summed E-state index contributed by atoms with van der Waals surface area (Å²) in [5.74, 6) is -0.144. The Kier molecular flexibility index (Phi) is 6.94. The number of rotatable bonds is 7. The smallest absolute Gasteiger partial charge is 0.416 e. The van der Waals surface area contributed by atoms with Gasteiger partial charge in [-0.15, -0.1) is 0 Å².